The highest BCUT2D eigenvalue weighted by Crippen LogP contribution is 2.11. The molecular formula is C10H12FNO. The molecule has 3 heteroatoms. The van der Waals surface area contributed by atoms with E-state index < -0.39 is 11.4 Å². The van der Waals surface area contributed by atoms with Gasteiger partial charge in [-0.2, -0.15) is 0 Å². The highest BCUT2D eigenvalue weighted by atomic mass is 19.1. The SMILES string of the molecule is CC(C)(N)C(=O)c1cccc(F)c1. The number of hydrogen-bond donors (Lipinski definition) is 1. The molecule has 70 valence electrons. The van der Waals surface area contributed by atoms with Crippen molar-refractivity contribution >= 4 is 5.78 Å². The summed E-state index contributed by atoms with van der Waals surface area (Å²) in [6.45, 7) is 3.19. The number of carbonyl (C=O) groups is 1. The molecule has 1 rings (SSSR count). The third-order valence-corrected chi connectivity index (χ3v) is 1.67. The minimum Gasteiger partial charge on any atom is -0.319 e. The third kappa shape index (κ3) is 2.36. The molecule has 1 aromatic rings. The molecule has 2 nitrogen and oxygen atoms in total. The highest BCUT2D eigenvalue weighted by molar-refractivity contribution is 6.02. The first kappa shape index (κ1) is 9.86. The Kier molecular flexibility index (Phi) is 2.48. The second-order valence-corrected chi connectivity index (χ2v) is 3.56. The number of Topliss-reactive ketones (excluding diaryl/α,β-unsaturated/α-hetero) is 1. The number of rotatable bonds is 2. The predicted octanol–water partition coefficient (Wildman–Crippen LogP) is 1.75. The summed E-state index contributed by atoms with van der Waals surface area (Å²) in [5, 5.41) is 0. The quantitative estimate of drug-likeness (QED) is 0.706. The van der Waals surface area contributed by atoms with E-state index in [2.05, 4.69) is 0 Å². The number of ketones is 1. The summed E-state index contributed by atoms with van der Waals surface area (Å²) in [7, 11) is 0. The van der Waals surface area contributed by atoms with Gasteiger partial charge in [0.2, 0.25) is 0 Å². The van der Waals surface area contributed by atoms with Gasteiger partial charge in [0.25, 0.3) is 0 Å². The number of hydrogen-bond acceptors (Lipinski definition) is 2. The topological polar surface area (TPSA) is 43.1 Å². The van der Waals surface area contributed by atoms with Crippen LogP contribution in [0.2, 0.25) is 0 Å². The Balaban J connectivity index is 3.03. The summed E-state index contributed by atoms with van der Waals surface area (Å²) in [6, 6.07) is 5.53. The van der Waals surface area contributed by atoms with E-state index >= 15 is 0 Å². The van der Waals surface area contributed by atoms with E-state index in [1.807, 2.05) is 0 Å². The van der Waals surface area contributed by atoms with E-state index in [1.165, 1.54) is 18.2 Å². The van der Waals surface area contributed by atoms with Crippen molar-refractivity contribution in [2.24, 2.45) is 5.73 Å². The summed E-state index contributed by atoms with van der Waals surface area (Å²) < 4.78 is 12.7. The fourth-order valence-electron chi connectivity index (χ4n) is 1.00. The normalized spacial score (nSPS) is 11.4. The summed E-state index contributed by atoms with van der Waals surface area (Å²) >= 11 is 0. The van der Waals surface area contributed by atoms with Gasteiger partial charge in [-0.15, -0.1) is 0 Å². The van der Waals surface area contributed by atoms with Crippen LogP contribution in [0.4, 0.5) is 4.39 Å². The molecule has 1 aromatic carbocycles. The predicted molar refractivity (Wildman–Crippen MR) is 49.0 cm³/mol. The van der Waals surface area contributed by atoms with Gasteiger partial charge in [0.05, 0.1) is 5.54 Å². The van der Waals surface area contributed by atoms with Crippen LogP contribution in [0.3, 0.4) is 0 Å². The maximum atomic E-state index is 12.7. The first-order valence-corrected chi connectivity index (χ1v) is 4.00. The zero-order valence-electron chi connectivity index (χ0n) is 7.67. The van der Waals surface area contributed by atoms with Crippen molar-refractivity contribution in [3.05, 3.63) is 35.6 Å². The molecule has 0 amide bonds. The van der Waals surface area contributed by atoms with Crippen LogP contribution in [-0.4, -0.2) is 11.3 Å². The van der Waals surface area contributed by atoms with E-state index in [0.29, 0.717) is 5.56 Å². The minimum atomic E-state index is -0.951. The van der Waals surface area contributed by atoms with Crippen LogP contribution < -0.4 is 5.73 Å². The Morgan fingerprint density at radius 3 is 2.54 bits per heavy atom. The molecule has 0 bridgehead atoms. The van der Waals surface area contributed by atoms with E-state index in [0.717, 1.165) is 0 Å². The van der Waals surface area contributed by atoms with Crippen molar-refractivity contribution in [1.29, 1.82) is 0 Å². The molecule has 0 spiro atoms. The van der Waals surface area contributed by atoms with Crippen molar-refractivity contribution in [2.45, 2.75) is 19.4 Å². The zero-order valence-corrected chi connectivity index (χ0v) is 7.67. The molecule has 0 radical (unpaired) electrons. The number of nitrogens with two attached hydrogens (primary N) is 1. The van der Waals surface area contributed by atoms with Gasteiger partial charge < -0.3 is 5.73 Å². The Labute approximate surface area is 76.6 Å². The molecule has 13 heavy (non-hydrogen) atoms. The van der Waals surface area contributed by atoms with Gasteiger partial charge in [0, 0.05) is 5.56 Å². The molecule has 0 aliphatic rings. The zero-order chi connectivity index (χ0) is 10.1. The Bertz CT molecular complexity index is 328. The van der Waals surface area contributed by atoms with Crippen LogP contribution in [-0.2, 0) is 0 Å². The van der Waals surface area contributed by atoms with Crippen molar-refractivity contribution in [3.63, 3.8) is 0 Å². The second-order valence-electron chi connectivity index (χ2n) is 3.56. The Morgan fingerprint density at radius 1 is 1.46 bits per heavy atom. The van der Waals surface area contributed by atoms with E-state index in [1.54, 1.807) is 19.9 Å². The molecule has 0 saturated heterocycles. The molecule has 0 saturated carbocycles. The van der Waals surface area contributed by atoms with Crippen LogP contribution in [0.1, 0.15) is 24.2 Å². The minimum absolute atomic E-state index is 0.257. The van der Waals surface area contributed by atoms with Crippen molar-refractivity contribution in [3.8, 4) is 0 Å². The fourth-order valence-corrected chi connectivity index (χ4v) is 1.00. The molecule has 0 fully saturated rings. The number of halogens is 1. The molecule has 2 N–H and O–H groups in total. The maximum Gasteiger partial charge on any atom is 0.182 e. The van der Waals surface area contributed by atoms with Gasteiger partial charge in [0.1, 0.15) is 5.82 Å². The van der Waals surface area contributed by atoms with Crippen molar-refractivity contribution < 1.29 is 9.18 Å². The molecule has 0 aliphatic heterocycles. The number of carbonyl (C=O) groups excluding carboxylic acids is 1. The number of benzene rings is 1. The standard InChI is InChI=1S/C10H12FNO/c1-10(2,12)9(13)7-4-3-5-8(11)6-7/h3-6H,12H2,1-2H3. The van der Waals surface area contributed by atoms with E-state index in [9.17, 15) is 9.18 Å². The fraction of sp³-hybridized carbons (Fsp3) is 0.300. The summed E-state index contributed by atoms with van der Waals surface area (Å²) in [5.74, 6) is -0.679. The summed E-state index contributed by atoms with van der Waals surface area (Å²) in [5.41, 5.74) is 4.95. The van der Waals surface area contributed by atoms with Crippen LogP contribution in [0, 0.1) is 5.82 Å². The van der Waals surface area contributed by atoms with Gasteiger partial charge in [0.15, 0.2) is 5.78 Å². The maximum absolute atomic E-state index is 12.7. The molecule has 0 aromatic heterocycles. The third-order valence-electron chi connectivity index (χ3n) is 1.67. The lowest BCUT2D eigenvalue weighted by atomic mass is 9.94. The molecule has 0 atom stereocenters. The second kappa shape index (κ2) is 3.26. The van der Waals surface area contributed by atoms with Gasteiger partial charge in [-0.1, -0.05) is 12.1 Å². The van der Waals surface area contributed by atoms with E-state index in [4.69, 9.17) is 5.73 Å². The monoisotopic (exact) mass is 181 g/mol. The average Bonchev–Trinajstić information content (AvgIpc) is 2.01. The lowest BCUT2D eigenvalue weighted by Crippen LogP contribution is -2.41. The molecule has 0 aliphatic carbocycles. The molecule has 0 heterocycles. The van der Waals surface area contributed by atoms with E-state index in [-0.39, 0.29) is 5.78 Å². The van der Waals surface area contributed by atoms with Crippen molar-refractivity contribution in [2.75, 3.05) is 0 Å². The van der Waals surface area contributed by atoms with Crippen LogP contribution in [0.5, 0.6) is 0 Å². The van der Waals surface area contributed by atoms with Gasteiger partial charge in [-0.25, -0.2) is 4.39 Å². The lowest BCUT2D eigenvalue weighted by molar-refractivity contribution is 0.0913. The Hall–Kier alpha value is -1.22. The summed E-state index contributed by atoms with van der Waals surface area (Å²) in [6.07, 6.45) is 0. The summed E-state index contributed by atoms with van der Waals surface area (Å²) in [4.78, 5) is 11.5. The largest absolute Gasteiger partial charge is 0.319 e. The molecule has 0 unspecified atom stereocenters. The van der Waals surface area contributed by atoms with Crippen molar-refractivity contribution in [1.82, 2.24) is 0 Å². The van der Waals surface area contributed by atoms with Crippen LogP contribution >= 0.6 is 0 Å². The van der Waals surface area contributed by atoms with Crippen LogP contribution in [0.25, 0.3) is 0 Å². The van der Waals surface area contributed by atoms with Gasteiger partial charge in [-0.3, -0.25) is 4.79 Å². The average molecular weight is 181 g/mol. The lowest BCUT2D eigenvalue weighted by Gasteiger charge is -2.16. The van der Waals surface area contributed by atoms with Gasteiger partial charge >= 0.3 is 0 Å². The molecular weight excluding hydrogens is 169 g/mol. The first-order chi connectivity index (χ1) is 5.91. The smallest absolute Gasteiger partial charge is 0.182 e. The van der Waals surface area contributed by atoms with Gasteiger partial charge in [-0.05, 0) is 26.0 Å². The first-order valence-electron chi connectivity index (χ1n) is 4.00. The Morgan fingerprint density at radius 2 is 2.08 bits per heavy atom. The van der Waals surface area contributed by atoms with Crippen LogP contribution in [0.15, 0.2) is 24.3 Å². The highest BCUT2D eigenvalue weighted by Gasteiger charge is 2.23.